The van der Waals surface area contributed by atoms with Gasteiger partial charge < -0.3 is 31.3 Å². The zero-order chi connectivity index (χ0) is 11.4. The van der Waals surface area contributed by atoms with Gasteiger partial charge >= 0.3 is 19.5 Å². The van der Waals surface area contributed by atoms with E-state index in [9.17, 15) is 19.8 Å². The van der Waals surface area contributed by atoms with Gasteiger partial charge in [-0.05, 0) is 25.7 Å². The summed E-state index contributed by atoms with van der Waals surface area (Å²) in [4.78, 5) is 19.5. The molecule has 6 nitrogen and oxygen atoms in total. The number of nitrogens with two attached hydrogens (primary N) is 2. The largest absolute Gasteiger partial charge is 2.00 e. The van der Waals surface area contributed by atoms with Crippen molar-refractivity contribution in [2.75, 3.05) is 13.1 Å². The van der Waals surface area contributed by atoms with Crippen molar-refractivity contribution in [2.45, 2.75) is 25.7 Å². The van der Waals surface area contributed by atoms with Gasteiger partial charge in [0.25, 0.3) is 0 Å². The van der Waals surface area contributed by atoms with E-state index in [4.69, 9.17) is 11.5 Å². The molecule has 0 amide bonds. The molecule has 0 bridgehead atoms. The van der Waals surface area contributed by atoms with Crippen LogP contribution >= 0.6 is 0 Å². The molecule has 7 heteroatoms. The van der Waals surface area contributed by atoms with E-state index < -0.39 is 11.9 Å². The number of carbonyl (C=O) groups is 2. The summed E-state index contributed by atoms with van der Waals surface area (Å²) in [5.41, 5.74) is 9.81. The van der Waals surface area contributed by atoms with E-state index in [1.165, 1.54) is 0 Å². The fourth-order valence-corrected chi connectivity index (χ4v) is 0.539. The number of hydrogen-bond donors (Lipinski definition) is 2. The van der Waals surface area contributed by atoms with Gasteiger partial charge in [-0.25, -0.2) is 0 Å². The summed E-state index contributed by atoms with van der Waals surface area (Å²) in [5.74, 6) is -2.28. The Labute approximate surface area is 102 Å². The minimum atomic E-state index is -1.14. The topological polar surface area (TPSA) is 132 Å². The Hall–Kier alpha value is -0.517. The van der Waals surface area contributed by atoms with Crippen LogP contribution in [-0.4, -0.2) is 25.0 Å². The number of carboxylic acids is 2. The third kappa shape index (κ3) is 31.7. The summed E-state index contributed by atoms with van der Waals surface area (Å²) in [6.45, 7) is 1.19. The van der Waals surface area contributed by atoms with Crippen LogP contribution in [0, 0.1) is 0 Å². The maximum Gasteiger partial charge on any atom is 2.00 e. The molecule has 0 atom stereocenters. The average molecular weight is 270 g/mol. The van der Waals surface area contributed by atoms with Gasteiger partial charge in [0.1, 0.15) is 0 Å². The van der Waals surface area contributed by atoms with Gasteiger partial charge in [0, 0.05) is 25.0 Å². The second-order valence-corrected chi connectivity index (χ2v) is 2.53. The van der Waals surface area contributed by atoms with E-state index in [2.05, 4.69) is 0 Å². The Morgan fingerprint density at radius 2 is 1.13 bits per heavy atom. The number of rotatable bonds is 6. The zero-order valence-corrected chi connectivity index (χ0v) is 11.7. The average Bonchev–Trinajstić information content (AvgIpc) is 2.12. The first-order valence-corrected chi connectivity index (χ1v) is 4.34. The molecule has 0 saturated heterocycles. The van der Waals surface area contributed by atoms with Gasteiger partial charge in [0.15, 0.2) is 0 Å². The molecule has 0 fully saturated rings. The summed E-state index contributed by atoms with van der Waals surface area (Å²) < 4.78 is 0. The maximum atomic E-state index is 9.77. The van der Waals surface area contributed by atoms with Crippen LogP contribution in [-0.2, 0) is 29.1 Å². The van der Waals surface area contributed by atoms with Crippen molar-refractivity contribution in [3.05, 3.63) is 0 Å². The van der Waals surface area contributed by atoms with Gasteiger partial charge in [-0.2, -0.15) is 0 Å². The van der Waals surface area contributed by atoms with E-state index in [0.717, 1.165) is 0 Å². The molecular weight excluding hydrogens is 253 g/mol. The normalized spacial score (nSPS) is 8.13. The van der Waals surface area contributed by atoms with Crippen LogP contribution in [0.2, 0.25) is 0 Å². The molecule has 0 spiro atoms. The van der Waals surface area contributed by atoms with Gasteiger partial charge in [0.2, 0.25) is 0 Å². The molecule has 0 aromatic carbocycles. The third-order valence-electron chi connectivity index (χ3n) is 1.18. The first kappa shape index (κ1) is 20.0. The Balaban J connectivity index is -0.000000249. The Morgan fingerprint density at radius 3 is 1.27 bits per heavy atom. The van der Waals surface area contributed by atoms with Crippen molar-refractivity contribution >= 4 is 11.9 Å². The van der Waals surface area contributed by atoms with E-state index in [1.54, 1.807) is 0 Å². The molecule has 84 valence electrons. The standard InChI is InChI=1S/C6H10O4.C2H8N2.Zn/c7-5(8)3-1-2-4-6(9)10;3-1-2-4;/h1-4H2,(H,7,8)(H,9,10);1-4H2;/q;;+2/p-2. The molecule has 0 aromatic heterocycles. The first-order valence-electron chi connectivity index (χ1n) is 4.34. The molecule has 0 saturated carbocycles. The summed E-state index contributed by atoms with van der Waals surface area (Å²) in [6.07, 6.45) is 0.535. The number of carbonyl (C=O) groups excluding carboxylic acids is 2. The maximum absolute atomic E-state index is 9.77. The predicted octanol–water partition coefficient (Wildman–Crippen LogP) is -3.05. The minimum absolute atomic E-state index is 0. The van der Waals surface area contributed by atoms with Crippen molar-refractivity contribution in [2.24, 2.45) is 11.5 Å². The van der Waals surface area contributed by atoms with E-state index >= 15 is 0 Å². The van der Waals surface area contributed by atoms with Gasteiger partial charge in [0.05, 0.1) is 0 Å². The minimum Gasteiger partial charge on any atom is -0.550 e. The van der Waals surface area contributed by atoms with E-state index in [1.807, 2.05) is 0 Å². The summed E-state index contributed by atoms with van der Waals surface area (Å²) in [5, 5.41) is 19.5. The van der Waals surface area contributed by atoms with Crippen LogP contribution in [0.25, 0.3) is 0 Å². The molecule has 0 radical (unpaired) electrons. The second-order valence-electron chi connectivity index (χ2n) is 2.53. The van der Waals surface area contributed by atoms with Crippen LogP contribution in [0.15, 0.2) is 0 Å². The van der Waals surface area contributed by atoms with Crippen LogP contribution in [0.5, 0.6) is 0 Å². The fourth-order valence-electron chi connectivity index (χ4n) is 0.539. The molecule has 0 aliphatic carbocycles. The molecular formula is C8H16N2O4Zn. The van der Waals surface area contributed by atoms with Crippen molar-refractivity contribution < 1.29 is 39.3 Å². The number of unbranched alkanes of at least 4 members (excludes halogenated alkanes) is 1. The third-order valence-corrected chi connectivity index (χ3v) is 1.18. The van der Waals surface area contributed by atoms with Crippen LogP contribution in [0.1, 0.15) is 25.7 Å². The van der Waals surface area contributed by atoms with Crippen molar-refractivity contribution in [1.29, 1.82) is 0 Å². The summed E-state index contributed by atoms with van der Waals surface area (Å²) in [6, 6.07) is 0. The molecule has 0 aliphatic heterocycles. The molecule has 0 rings (SSSR count). The number of aliphatic carboxylic acids is 2. The Kier molecular flexibility index (Phi) is 21.2. The zero-order valence-electron chi connectivity index (χ0n) is 8.74. The van der Waals surface area contributed by atoms with Crippen molar-refractivity contribution in [3.63, 3.8) is 0 Å². The molecule has 15 heavy (non-hydrogen) atoms. The predicted molar refractivity (Wildman–Crippen MR) is 46.6 cm³/mol. The smallest absolute Gasteiger partial charge is 0.550 e. The molecule has 0 aromatic rings. The number of hydrogen-bond acceptors (Lipinski definition) is 6. The summed E-state index contributed by atoms with van der Waals surface area (Å²) >= 11 is 0. The van der Waals surface area contributed by atoms with E-state index in [0.29, 0.717) is 25.9 Å². The van der Waals surface area contributed by atoms with Crippen LogP contribution in [0.4, 0.5) is 0 Å². The second kappa shape index (κ2) is 15.9. The van der Waals surface area contributed by atoms with Gasteiger partial charge in [-0.15, -0.1) is 0 Å². The van der Waals surface area contributed by atoms with E-state index in [-0.39, 0.29) is 32.3 Å². The van der Waals surface area contributed by atoms with Crippen LogP contribution < -0.4 is 21.7 Å². The van der Waals surface area contributed by atoms with Gasteiger partial charge in [-0.1, -0.05) is 0 Å². The fraction of sp³-hybridized carbons (Fsp3) is 0.750. The number of carboxylic acid groups (broad SMARTS) is 2. The van der Waals surface area contributed by atoms with Gasteiger partial charge in [-0.3, -0.25) is 0 Å². The molecule has 0 heterocycles. The van der Waals surface area contributed by atoms with Crippen molar-refractivity contribution in [1.82, 2.24) is 0 Å². The molecule has 0 unspecified atom stereocenters. The monoisotopic (exact) mass is 268 g/mol. The first-order chi connectivity index (χ1) is 6.54. The summed E-state index contributed by atoms with van der Waals surface area (Å²) in [7, 11) is 0. The van der Waals surface area contributed by atoms with Crippen molar-refractivity contribution in [3.8, 4) is 0 Å². The SMILES string of the molecule is NCCN.O=C([O-])CCCCC(=O)[O-].[Zn+2]. The molecule has 0 aliphatic rings. The Morgan fingerprint density at radius 1 is 0.867 bits per heavy atom. The Bertz CT molecular complexity index is 149. The van der Waals surface area contributed by atoms with Crippen LogP contribution in [0.3, 0.4) is 0 Å². The molecule has 4 N–H and O–H groups in total. The quantitative estimate of drug-likeness (QED) is 0.389.